The third-order valence-corrected chi connectivity index (χ3v) is 4.11. The minimum atomic E-state index is -0.911. The quantitative estimate of drug-likeness (QED) is 0.838. The molecule has 0 aromatic carbocycles. The lowest BCUT2D eigenvalue weighted by Gasteiger charge is -2.19. The van der Waals surface area contributed by atoms with E-state index in [2.05, 4.69) is 5.10 Å². The largest absolute Gasteiger partial charge is 0.385 e. The van der Waals surface area contributed by atoms with Crippen LogP contribution in [0.1, 0.15) is 45.0 Å². The number of rotatable bonds is 7. The second kappa shape index (κ2) is 7.06. The molecular weight excluding hydrogens is 264 g/mol. The molecule has 1 atom stereocenters. The fourth-order valence-corrected chi connectivity index (χ4v) is 2.51. The topological polar surface area (TPSA) is 55.1 Å². The smallest absolute Gasteiger partial charge is 0.167 e. The summed E-state index contributed by atoms with van der Waals surface area (Å²) >= 11 is 6.17. The van der Waals surface area contributed by atoms with Crippen LogP contribution in [0.25, 0.3) is 0 Å². The predicted molar refractivity (Wildman–Crippen MR) is 76.4 cm³/mol. The number of aryl methyl sites for hydroxylation is 2. The van der Waals surface area contributed by atoms with Crippen LogP contribution in [0.2, 0.25) is 5.02 Å². The van der Waals surface area contributed by atoms with E-state index in [1.165, 1.54) is 0 Å². The normalized spacial score (nSPS) is 13.0. The number of hydrogen-bond acceptors (Lipinski definition) is 3. The fraction of sp³-hybridized carbons (Fsp3) is 0.714. The first-order chi connectivity index (χ1) is 8.96. The van der Waals surface area contributed by atoms with Gasteiger partial charge in [0.2, 0.25) is 0 Å². The molecule has 0 bridgehead atoms. The lowest BCUT2D eigenvalue weighted by atomic mass is 9.92. The number of nitrogens with zero attached hydrogens (tertiary/aromatic N) is 2. The molecule has 1 aromatic heterocycles. The van der Waals surface area contributed by atoms with Crippen molar-refractivity contribution in [2.24, 2.45) is 5.92 Å². The molecule has 19 heavy (non-hydrogen) atoms. The van der Waals surface area contributed by atoms with E-state index in [1.807, 2.05) is 27.7 Å². The zero-order valence-corrected chi connectivity index (χ0v) is 12.9. The van der Waals surface area contributed by atoms with Gasteiger partial charge in [-0.1, -0.05) is 38.3 Å². The number of Topliss-reactive ketones (excluding diaryl/α,β-unsaturated/α-hetero) is 1. The number of carbonyl (C=O) groups is 1. The van der Waals surface area contributed by atoms with Gasteiger partial charge in [0, 0.05) is 6.54 Å². The highest BCUT2D eigenvalue weighted by molar-refractivity contribution is 6.32. The molecule has 0 spiro atoms. The zero-order valence-electron chi connectivity index (χ0n) is 12.1. The van der Waals surface area contributed by atoms with Crippen molar-refractivity contribution < 1.29 is 9.90 Å². The van der Waals surface area contributed by atoms with Gasteiger partial charge in [-0.05, 0) is 19.8 Å². The van der Waals surface area contributed by atoms with E-state index in [9.17, 15) is 9.90 Å². The number of halogens is 1. The molecule has 0 fully saturated rings. The molecule has 108 valence electrons. The van der Waals surface area contributed by atoms with Crippen molar-refractivity contribution in [3.05, 3.63) is 16.4 Å². The molecule has 0 amide bonds. The Bertz CT molecular complexity index is 439. The van der Waals surface area contributed by atoms with Gasteiger partial charge >= 0.3 is 0 Å². The maximum absolute atomic E-state index is 12.2. The van der Waals surface area contributed by atoms with Gasteiger partial charge in [-0.3, -0.25) is 9.48 Å². The Labute approximate surface area is 119 Å². The Balaban J connectivity index is 2.87. The van der Waals surface area contributed by atoms with E-state index in [-0.39, 0.29) is 18.1 Å². The number of aromatic nitrogens is 2. The first kappa shape index (κ1) is 16.2. The van der Waals surface area contributed by atoms with Gasteiger partial charge in [0.05, 0.1) is 22.8 Å². The highest BCUT2D eigenvalue weighted by Gasteiger charge is 2.25. The molecule has 1 N–H and O–H groups in total. The van der Waals surface area contributed by atoms with Crippen LogP contribution in [-0.2, 0) is 17.8 Å². The molecule has 0 aliphatic rings. The van der Waals surface area contributed by atoms with Crippen molar-refractivity contribution in [2.75, 3.05) is 0 Å². The van der Waals surface area contributed by atoms with Crippen LogP contribution in [0.15, 0.2) is 0 Å². The Morgan fingerprint density at radius 3 is 2.42 bits per heavy atom. The number of aliphatic hydroxyl groups excluding tert-OH is 1. The molecule has 1 heterocycles. The predicted octanol–water partition coefficient (Wildman–Crippen LogP) is 2.77. The molecule has 1 aromatic rings. The van der Waals surface area contributed by atoms with Crippen molar-refractivity contribution in [1.82, 2.24) is 9.78 Å². The zero-order chi connectivity index (χ0) is 14.6. The molecule has 0 aliphatic heterocycles. The van der Waals surface area contributed by atoms with Crippen LogP contribution in [0.5, 0.6) is 0 Å². The summed E-state index contributed by atoms with van der Waals surface area (Å²) in [5.41, 5.74) is 1.43. The first-order valence-electron chi connectivity index (χ1n) is 6.88. The summed E-state index contributed by atoms with van der Waals surface area (Å²) in [4.78, 5) is 12.2. The molecule has 0 saturated carbocycles. The maximum Gasteiger partial charge on any atom is 0.167 e. The lowest BCUT2D eigenvalue weighted by Crippen LogP contribution is -2.31. The van der Waals surface area contributed by atoms with E-state index in [0.717, 1.165) is 18.5 Å². The highest BCUT2D eigenvalue weighted by Crippen LogP contribution is 2.23. The summed E-state index contributed by atoms with van der Waals surface area (Å²) in [5.74, 6) is -0.157. The van der Waals surface area contributed by atoms with Crippen LogP contribution < -0.4 is 0 Å². The number of carbonyl (C=O) groups excluding carboxylic acids is 1. The van der Waals surface area contributed by atoms with Gasteiger partial charge in [0.1, 0.15) is 6.10 Å². The lowest BCUT2D eigenvalue weighted by molar-refractivity contribution is -0.129. The second-order valence-electron chi connectivity index (χ2n) is 4.83. The van der Waals surface area contributed by atoms with Crippen LogP contribution in [0.4, 0.5) is 0 Å². The molecule has 0 saturated heterocycles. The maximum atomic E-state index is 12.2. The van der Waals surface area contributed by atoms with Crippen LogP contribution in [-0.4, -0.2) is 26.8 Å². The Kier molecular flexibility index (Phi) is 6.01. The number of ketones is 1. The molecule has 1 rings (SSSR count). The Morgan fingerprint density at radius 2 is 1.95 bits per heavy atom. The van der Waals surface area contributed by atoms with Crippen LogP contribution in [0.3, 0.4) is 0 Å². The van der Waals surface area contributed by atoms with E-state index >= 15 is 0 Å². The third kappa shape index (κ3) is 3.57. The molecule has 1 unspecified atom stereocenters. The van der Waals surface area contributed by atoms with Crippen molar-refractivity contribution in [1.29, 1.82) is 0 Å². The average Bonchev–Trinajstić information content (AvgIpc) is 2.67. The van der Waals surface area contributed by atoms with Crippen molar-refractivity contribution >= 4 is 17.4 Å². The van der Waals surface area contributed by atoms with Gasteiger partial charge < -0.3 is 5.11 Å². The summed E-state index contributed by atoms with van der Waals surface area (Å²) < 4.78 is 1.73. The van der Waals surface area contributed by atoms with Crippen molar-refractivity contribution in [2.45, 2.75) is 59.6 Å². The molecule has 5 heteroatoms. The fourth-order valence-electron chi connectivity index (χ4n) is 2.31. The van der Waals surface area contributed by atoms with Gasteiger partial charge in [-0.15, -0.1) is 0 Å². The summed E-state index contributed by atoms with van der Waals surface area (Å²) in [6.45, 7) is 8.40. The van der Waals surface area contributed by atoms with Crippen molar-refractivity contribution in [3.8, 4) is 0 Å². The average molecular weight is 287 g/mol. The van der Waals surface area contributed by atoms with Gasteiger partial charge in [0.15, 0.2) is 5.78 Å². The summed E-state index contributed by atoms with van der Waals surface area (Å²) in [5, 5.41) is 14.9. The van der Waals surface area contributed by atoms with E-state index in [4.69, 9.17) is 11.6 Å². The minimum Gasteiger partial charge on any atom is -0.385 e. The molecular formula is C14H23ClN2O2. The van der Waals surface area contributed by atoms with Crippen LogP contribution >= 0.6 is 11.6 Å². The highest BCUT2D eigenvalue weighted by atomic mass is 35.5. The minimum absolute atomic E-state index is 0.0189. The van der Waals surface area contributed by atoms with E-state index < -0.39 is 6.10 Å². The van der Waals surface area contributed by atoms with Gasteiger partial charge in [-0.2, -0.15) is 5.10 Å². The Hall–Kier alpha value is -0.870. The summed E-state index contributed by atoms with van der Waals surface area (Å²) in [6, 6.07) is 0. The van der Waals surface area contributed by atoms with E-state index in [0.29, 0.717) is 17.3 Å². The van der Waals surface area contributed by atoms with Gasteiger partial charge in [0.25, 0.3) is 0 Å². The number of aliphatic hydroxyl groups is 1. The molecule has 0 radical (unpaired) electrons. The third-order valence-electron chi connectivity index (χ3n) is 3.62. The molecule has 4 nitrogen and oxygen atoms in total. The first-order valence-corrected chi connectivity index (χ1v) is 7.26. The standard InChI is InChI=1S/C14H23ClN2O2/c1-5-10(6-2)14(19)12(18)8-11-13(15)9(4)16-17(11)7-3/h10,14,19H,5-8H2,1-4H3. The SMILES string of the molecule is CCC(CC)C(O)C(=O)Cc1c(Cl)c(C)nn1CC. The number of hydrogen-bond donors (Lipinski definition) is 1. The summed E-state index contributed by atoms with van der Waals surface area (Å²) in [7, 11) is 0. The summed E-state index contributed by atoms with van der Waals surface area (Å²) in [6.07, 6.45) is 0.823. The van der Waals surface area contributed by atoms with E-state index in [1.54, 1.807) is 4.68 Å². The van der Waals surface area contributed by atoms with Crippen LogP contribution in [0, 0.1) is 12.8 Å². The molecule has 0 aliphatic carbocycles. The second-order valence-corrected chi connectivity index (χ2v) is 5.20. The van der Waals surface area contributed by atoms with Gasteiger partial charge in [-0.25, -0.2) is 0 Å². The monoisotopic (exact) mass is 286 g/mol. The Morgan fingerprint density at radius 1 is 1.37 bits per heavy atom. The van der Waals surface area contributed by atoms with Crippen molar-refractivity contribution in [3.63, 3.8) is 0 Å².